The molecule has 1 aromatic carbocycles. The maximum atomic E-state index is 4.69. The number of hydrogen-bond acceptors (Lipinski definition) is 8. The van der Waals surface area contributed by atoms with E-state index in [2.05, 4.69) is 75.7 Å². The van der Waals surface area contributed by atoms with Crippen molar-refractivity contribution in [2.75, 3.05) is 49.5 Å². The zero-order valence-electron chi connectivity index (χ0n) is 18.9. The second kappa shape index (κ2) is 9.92. The van der Waals surface area contributed by atoms with Crippen molar-refractivity contribution in [1.82, 2.24) is 35.1 Å². The number of nitrogens with zero attached hydrogens (tertiary/aromatic N) is 6. The standard InChI is InChI=1S/C24H27N9.ClH/c1-8-33(9-1)23-14-20(27-16-28-23)18-2-3-19-21(13-18)30-24(29-19)31-22-12-17(4-5-26-22)15-32-10-6-25-7-11-32;/h2-5,12-14,16,25H,1,6-11,15H2,(H2,26,29,30,31);1H. The van der Waals surface area contributed by atoms with Crippen LogP contribution in [0.3, 0.4) is 0 Å². The third-order valence-corrected chi connectivity index (χ3v) is 6.30. The summed E-state index contributed by atoms with van der Waals surface area (Å²) in [5.41, 5.74) is 5.05. The van der Waals surface area contributed by atoms with Gasteiger partial charge in [-0.1, -0.05) is 6.07 Å². The van der Waals surface area contributed by atoms with E-state index in [1.165, 1.54) is 12.0 Å². The molecule has 0 amide bonds. The summed E-state index contributed by atoms with van der Waals surface area (Å²) < 4.78 is 0. The number of aromatic nitrogens is 5. The summed E-state index contributed by atoms with van der Waals surface area (Å²) in [6.45, 7) is 7.30. The second-order valence-electron chi connectivity index (χ2n) is 8.62. The molecule has 0 atom stereocenters. The van der Waals surface area contributed by atoms with Crippen molar-refractivity contribution in [3.05, 3.63) is 54.5 Å². The molecule has 176 valence electrons. The summed E-state index contributed by atoms with van der Waals surface area (Å²) >= 11 is 0. The van der Waals surface area contributed by atoms with Gasteiger partial charge in [-0.2, -0.15) is 0 Å². The minimum absolute atomic E-state index is 0. The molecule has 9 nitrogen and oxygen atoms in total. The number of rotatable bonds is 6. The van der Waals surface area contributed by atoms with Crippen LogP contribution >= 0.6 is 12.4 Å². The first kappa shape index (κ1) is 22.5. The number of imidazole rings is 1. The predicted molar refractivity (Wildman–Crippen MR) is 137 cm³/mol. The van der Waals surface area contributed by atoms with Crippen LogP contribution in [0.15, 0.2) is 48.9 Å². The van der Waals surface area contributed by atoms with Crippen LogP contribution < -0.4 is 15.5 Å². The molecule has 6 rings (SSSR count). The predicted octanol–water partition coefficient (Wildman–Crippen LogP) is 3.20. The molecule has 0 saturated carbocycles. The van der Waals surface area contributed by atoms with Gasteiger partial charge in [0.1, 0.15) is 18.0 Å². The molecule has 3 aromatic heterocycles. The number of hydrogen-bond donors (Lipinski definition) is 3. The van der Waals surface area contributed by atoms with Crippen LogP contribution in [0.4, 0.5) is 17.6 Å². The number of halogens is 1. The summed E-state index contributed by atoms with van der Waals surface area (Å²) in [4.78, 5) is 26.2. The molecular formula is C24H28ClN9. The first-order chi connectivity index (χ1) is 16.3. The lowest BCUT2D eigenvalue weighted by Gasteiger charge is -2.31. The Morgan fingerprint density at radius 3 is 2.65 bits per heavy atom. The van der Waals surface area contributed by atoms with E-state index in [-0.39, 0.29) is 12.4 Å². The van der Waals surface area contributed by atoms with E-state index in [0.717, 1.165) is 79.7 Å². The van der Waals surface area contributed by atoms with Crippen molar-refractivity contribution in [2.24, 2.45) is 0 Å². The Labute approximate surface area is 204 Å². The topological polar surface area (TPSA) is 97.9 Å². The number of pyridine rings is 1. The molecule has 2 aliphatic rings. The number of anilines is 3. The van der Waals surface area contributed by atoms with Crippen LogP contribution in [-0.4, -0.2) is 69.1 Å². The van der Waals surface area contributed by atoms with Gasteiger partial charge >= 0.3 is 0 Å². The molecule has 0 spiro atoms. The molecule has 34 heavy (non-hydrogen) atoms. The van der Waals surface area contributed by atoms with Gasteiger partial charge in [-0.25, -0.2) is 19.9 Å². The maximum absolute atomic E-state index is 4.69. The highest BCUT2D eigenvalue weighted by molar-refractivity contribution is 5.85. The SMILES string of the molecule is Cl.c1cc(CN2CCNCC2)cc(Nc2nc3ccc(-c4cc(N5CCC5)ncn4)cc3[nH]2)n1. The molecule has 2 saturated heterocycles. The number of H-pyrrole nitrogens is 1. The molecular weight excluding hydrogens is 450 g/mol. The van der Waals surface area contributed by atoms with Gasteiger partial charge in [-0.3, -0.25) is 4.90 Å². The van der Waals surface area contributed by atoms with E-state index in [9.17, 15) is 0 Å². The summed E-state index contributed by atoms with van der Waals surface area (Å²) in [5.74, 6) is 2.46. The molecule has 10 heteroatoms. The Balaban J connectivity index is 0.00000241. The molecule has 0 radical (unpaired) electrons. The molecule has 5 heterocycles. The second-order valence-corrected chi connectivity index (χ2v) is 8.62. The first-order valence-electron chi connectivity index (χ1n) is 11.5. The van der Waals surface area contributed by atoms with E-state index in [0.29, 0.717) is 5.95 Å². The zero-order valence-corrected chi connectivity index (χ0v) is 19.7. The molecule has 3 N–H and O–H groups in total. The van der Waals surface area contributed by atoms with Gasteiger partial charge in [0.15, 0.2) is 0 Å². The van der Waals surface area contributed by atoms with Gasteiger partial charge in [0, 0.05) is 63.6 Å². The lowest BCUT2D eigenvalue weighted by molar-refractivity contribution is 0.233. The fraction of sp³-hybridized carbons (Fsp3) is 0.333. The molecule has 4 aromatic rings. The first-order valence-corrected chi connectivity index (χ1v) is 11.5. The third-order valence-electron chi connectivity index (χ3n) is 6.30. The van der Waals surface area contributed by atoms with E-state index in [1.807, 2.05) is 12.3 Å². The quantitative estimate of drug-likeness (QED) is 0.389. The average Bonchev–Trinajstić information content (AvgIpc) is 3.20. The Bertz CT molecular complexity index is 1260. The largest absolute Gasteiger partial charge is 0.356 e. The van der Waals surface area contributed by atoms with Crippen molar-refractivity contribution in [3.63, 3.8) is 0 Å². The fourth-order valence-electron chi connectivity index (χ4n) is 4.34. The van der Waals surface area contributed by atoms with E-state index in [4.69, 9.17) is 0 Å². The van der Waals surface area contributed by atoms with Crippen molar-refractivity contribution < 1.29 is 0 Å². The van der Waals surface area contributed by atoms with Crippen molar-refractivity contribution in [2.45, 2.75) is 13.0 Å². The van der Waals surface area contributed by atoms with Crippen LogP contribution in [0.1, 0.15) is 12.0 Å². The number of fused-ring (bicyclic) bond motifs is 1. The Morgan fingerprint density at radius 1 is 0.941 bits per heavy atom. The van der Waals surface area contributed by atoms with Crippen molar-refractivity contribution in [3.8, 4) is 11.3 Å². The summed E-state index contributed by atoms with van der Waals surface area (Å²) in [6.07, 6.45) is 4.72. The van der Waals surface area contributed by atoms with Crippen LogP contribution in [0.25, 0.3) is 22.3 Å². The number of aromatic amines is 1. The highest BCUT2D eigenvalue weighted by Gasteiger charge is 2.17. The summed E-state index contributed by atoms with van der Waals surface area (Å²) in [5, 5.41) is 6.73. The van der Waals surface area contributed by atoms with Crippen LogP contribution in [0.5, 0.6) is 0 Å². The Hall–Kier alpha value is -3.27. The fourth-order valence-corrected chi connectivity index (χ4v) is 4.34. The van der Waals surface area contributed by atoms with Crippen LogP contribution in [-0.2, 0) is 6.54 Å². The molecule has 0 bridgehead atoms. The van der Waals surface area contributed by atoms with Crippen LogP contribution in [0.2, 0.25) is 0 Å². The lowest BCUT2D eigenvalue weighted by atomic mass is 10.1. The van der Waals surface area contributed by atoms with Gasteiger partial charge in [0.2, 0.25) is 5.95 Å². The normalized spacial score (nSPS) is 16.2. The average molecular weight is 478 g/mol. The van der Waals surface area contributed by atoms with Gasteiger partial charge in [0.25, 0.3) is 0 Å². The Morgan fingerprint density at radius 2 is 1.82 bits per heavy atom. The van der Waals surface area contributed by atoms with Crippen molar-refractivity contribution in [1.29, 1.82) is 0 Å². The summed E-state index contributed by atoms with van der Waals surface area (Å²) in [6, 6.07) is 12.4. The zero-order chi connectivity index (χ0) is 22.0. The third kappa shape index (κ3) is 4.82. The van der Waals surface area contributed by atoms with Gasteiger partial charge < -0.3 is 20.5 Å². The lowest BCUT2D eigenvalue weighted by Crippen LogP contribution is -2.42. The minimum Gasteiger partial charge on any atom is -0.356 e. The smallest absolute Gasteiger partial charge is 0.206 e. The number of piperazine rings is 1. The Kier molecular flexibility index (Phi) is 6.57. The molecule has 0 aliphatic carbocycles. The highest BCUT2D eigenvalue weighted by atomic mass is 35.5. The maximum Gasteiger partial charge on any atom is 0.206 e. The van der Waals surface area contributed by atoms with Gasteiger partial charge in [-0.15, -0.1) is 12.4 Å². The molecule has 2 fully saturated rings. The van der Waals surface area contributed by atoms with E-state index in [1.54, 1.807) is 6.33 Å². The van der Waals surface area contributed by atoms with Gasteiger partial charge in [-0.05, 0) is 36.2 Å². The van der Waals surface area contributed by atoms with Crippen molar-refractivity contribution >= 4 is 41.0 Å². The van der Waals surface area contributed by atoms with E-state index < -0.39 is 0 Å². The molecule has 0 unspecified atom stereocenters. The summed E-state index contributed by atoms with van der Waals surface area (Å²) in [7, 11) is 0. The number of nitrogens with one attached hydrogen (secondary N) is 3. The van der Waals surface area contributed by atoms with Gasteiger partial charge in [0.05, 0.1) is 16.7 Å². The highest BCUT2D eigenvalue weighted by Crippen LogP contribution is 2.27. The van der Waals surface area contributed by atoms with E-state index >= 15 is 0 Å². The molecule has 2 aliphatic heterocycles. The monoisotopic (exact) mass is 477 g/mol. The number of benzene rings is 1. The van der Waals surface area contributed by atoms with Crippen LogP contribution in [0, 0.1) is 0 Å². The minimum atomic E-state index is 0.